The molecule has 0 bridgehead atoms. The number of amides is 1. The molecule has 2 aromatic carbocycles. The van der Waals surface area contributed by atoms with Crippen molar-refractivity contribution in [1.29, 1.82) is 0 Å². The molecule has 0 saturated carbocycles. The van der Waals surface area contributed by atoms with Gasteiger partial charge in [-0.05, 0) is 61.7 Å². The third-order valence-corrected chi connectivity index (χ3v) is 6.10. The van der Waals surface area contributed by atoms with Crippen molar-refractivity contribution in [2.24, 2.45) is 0 Å². The molecule has 1 N–H and O–H groups in total. The van der Waals surface area contributed by atoms with Gasteiger partial charge in [0.05, 0.1) is 9.92 Å². The SMILES string of the molecule is Cc1cc(N2CCCC2)ccc1NC(=O)c1ccc(Cl)c(S(C)(=O)=O)c1. The number of benzene rings is 2. The van der Waals surface area contributed by atoms with Gasteiger partial charge < -0.3 is 10.2 Å². The number of anilines is 2. The maximum Gasteiger partial charge on any atom is 0.255 e. The lowest BCUT2D eigenvalue weighted by atomic mass is 10.1. The Morgan fingerprint density at radius 2 is 1.81 bits per heavy atom. The molecule has 3 rings (SSSR count). The Labute approximate surface area is 158 Å². The third-order valence-electron chi connectivity index (χ3n) is 4.52. The van der Waals surface area contributed by atoms with E-state index in [1.165, 1.54) is 31.0 Å². The fraction of sp³-hybridized carbons (Fsp3) is 0.316. The zero-order valence-electron chi connectivity index (χ0n) is 14.8. The Kier molecular flexibility index (Phi) is 5.25. The van der Waals surface area contributed by atoms with Gasteiger partial charge in [0, 0.05) is 36.3 Å². The molecule has 7 heteroatoms. The summed E-state index contributed by atoms with van der Waals surface area (Å²) < 4.78 is 23.6. The molecule has 0 radical (unpaired) electrons. The van der Waals surface area contributed by atoms with Crippen LogP contribution in [0.25, 0.3) is 0 Å². The van der Waals surface area contributed by atoms with E-state index in [-0.39, 0.29) is 21.4 Å². The predicted octanol–water partition coefficient (Wildman–Crippen LogP) is 3.90. The van der Waals surface area contributed by atoms with Crippen LogP contribution < -0.4 is 10.2 Å². The van der Waals surface area contributed by atoms with Crippen molar-refractivity contribution in [2.45, 2.75) is 24.7 Å². The lowest BCUT2D eigenvalue weighted by Crippen LogP contribution is -2.18. The van der Waals surface area contributed by atoms with Crippen molar-refractivity contribution in [2.75, 3.05) is 29.6 Å². The molecule has 1 aliphatic rings. The number of rotatable bonds is 4. The number of aryl methyl sites for hydroxylation is 1. The summed E-state index contributed by atoms with van der Waals surface area (Å²) in [4.78, 5) is 14.8. The largest absolute Gasteiger partial charge is 0.372 e. The van der Waals surface area contributed by atoms with Gasteiger partial charge >= 0.3 is 0 Å². The average Bonchev–Trinajstić information content (AvgIpc) is 3.10. The molecule has 0 unspecified atom stereocenters. The van der Waals surface area contributed by atoms with Crippen molar-refractivity contribution < 1.29 is 13.2 Å². The summed E-state index contributed by atoms with van der Waals surface area (Å²) in [6.07, 6.45) is 3.48. The van der Waals surface area contributed by atoms with Crippen LogP contribution in [0.15, 0.2) is 41.3 Å². The predicted molar refractivity (Wildman–Crippen MR) is 105 cm³/mol. The monoisotopic (exact) mass is 392 g/mol. The van der Waals surface area contributed by atoms with Gasteiger partial charge in [0.2, 0.25) is 0 Å². The Balaban J connectivity index is 1.82. The van der Waals surface area contributed by atoms with Crippen molar-refractivity contribution >= 4 is 38.7 Å². The summed E-state index contributed by atoms with van der Waals surface area (Å²) in [6, 6.07) is 10.2. The minimum Gasteiger partial charge on any atom is -0.372 e. The van der Waals surface area contributed by atoms with Crippen LogP contribution in [0.4, 0.5) is 11.4 Å². The highest BCUT2D eigenvalue weighted by molar-refractivity contribution is 7.90. The van der Waals surface area contributed by atoms with Gasteiger partial charge in [0.1, 0.15) is 0 Å². The fourth-order valence-electron chi connectivity index (χ4n) is 3.08. The molecular weight excluding hydrogens is 372 g/mol. The summed E-state index contributed by atoms with van der Waals surface area (Å²) in [5.41, 5.74) is 3.07. The van der Waals surface area contributed by atoms with Gasteiger partial charge in [-0.1, -0.05) is 11.6 Å². The molecule has 1 saturated heterocycles. The number of halogens is 1. The second-order valence-electron chi connectivity index (χ2n) is 6.56. The first-order valence-corrected chi connectivity index (χ1v) is 10.7. The highest BCUT2D eigenvalue weighted by Gasteiger charge is 2.17. The quantitative estimate of drug-likeness (QED) is 0.856. The summed E-state index contributed by atoms with van der Waals surface area (Å²) in [7, 11) is -3.50. The molecule has 26 heavy (non-hydrogen) atoms. The van der Waals surface area contributed by atoms with Crippen LogP contribution in [0, 0.1) is 6.92 Å². The molecule has 5 nitrogen and oxygen atoms in total. The number of hydrogen-bond donors (Lipinski definition) is 1. The first kappa shape index (κ1) is 18.7. The van der Waals surface area contributed by atoms with E-state index < -0.39 is 9.84 Å². The van der Waals surface area contributed by atoms with Crippen molar-refractivity contribution in [3.8, 4) is 0 Å². The van der Waals surface area contributed by atoms with Gasteiger partial charge in [0.25, 0.3) is 5.91 Å². The maximum absolute atomic E-state index is 12.5. The number of carbonyl (C=O) groups excluding carboxylic acids is 1. The van der Waals surface area contributed by atoms with Crippen LogP contribution in [-0.4, -0.2) is 33.7 Å². The lowest BCUT2D eigenvalue weighted by molar-refractivity contribution is 0.102. The molecule has 0 spiro atoms. The minimum absolute atomic E-state index is 0.0482. The number of carbonyl (C=O) groups is 1. The van der Waals surface area contributed by atoms with Crippen LogP contribution in [0.2, 0.25) is 5.02 Å². The Morgan fingerprint density at radius 1 is 1.12 bits per heavy atom. The van der Waals surface area contributed by atoms with E-state index in [1.54, 1.807) is 0 Å². The number of nitrogens with zero attached hydrogens (tertiary/aromatic N) is 1. The number of sulfone groups is 1. The summed E-state index contributed by atoms with van der Waals surface area (Å²) in [5.74, 6) is -0.372. The zero-order chi connectivity index (χ0) is 18.9. The normalized spacial score (nSPS) is 14.5. The molecule has 0 atom stereocenters. The van der Waals surface area contributed by atoms with Crippen molar-refractivity contribution in [3.63, 3.8) is 0 Å². The molecule has 0 aromatic heterocycles. The molecule has 1 fully saturated rings. The maximum atomic E-state index is 12.5. The second kappa shape index (κ2) is 7.29. The summed E-state index contributed by atoms with van der Waals surface area (Å²) >= 11 is 5.94. The van der Waals surface area contributed by atoms with E-state index in [9.17, 15) is 13.2 Å². The fourth-order valence-corrected chi connectivity index (χ4v) is 4.38. The van der Waals surface area contributed by atoms with Gasteiger partial charge in [-0.2, -0.15) is 0 Å². The molecular formula is C19H21ClN2O3S. The Bertz CT molecular complexity index is 951. The minimum atomic E-state index is -3.50. The Hall–Kier alpha value is -2.05. The number of nitrogens with one attached hydrogen (secondary N) is 1. The molecule has 138 valence electrons. The van der Waals surface area contributed by atoms with E-state index >= 15 is 0 Å². The average molecular weight is 393 g/mol. The Morgan fingerprint density at radius 3 is 2.42 bits per heavy atom. The van der Waals surface area contributed by atoms with Gasteiger partial charge in [-0.15, -0.1) is 0 Å². The summed E-state index contributed by atoms with van der Waals surface area (Å²) in [5, 5.41) is 2.95. The van der Waals surface area contributed by atoms with Crippen molar-refractivity contribution in [3.05, 3.63) is 52.5 Å². The van der Waals surface area contributed by atoms with E-state index in [0.717, 1.165) is 30.6 Å². The molecule has 0 aliphatic carbocycles. The van der Waals surface area contributed by atoms with Crippen LogP contribution in [0.3, 0.4) is 0 Å². The number of hydrogen-bond acceptors (Lipinski definition) is 4. The topological polar surface area (TPSA) is 66.5 Å². The molecule has 1 heterocycles. The van der Waals surface area contributed by atoms with Gasteiger partial charge in [-0.3, -0.25) is 4.79 Å². The highest BCUT2D eigenvalue weighted by Crippen LogP contribution is 2.27. The second-order valence-corrected chi connectivity index (χ2v) is 8.96. The van der Waals surface area contributed by atoms with Gasteiger partial charge in [-0.25, -0.2) is 8.42 Å². The smallest absolute Gasteiger partial charge is 0.255 e. The summed E-state index contributed by atoms with van der Waals surface area (Å²) in [6.45, 7) is 4.06. The molecule has 1 amide bonds. The van der Waals surface area contributed by atoms with Crippen molar-refractivity contribution in [1.82, 2.24) is 0 Å². The van der Waals surface area contributed by atoms with Gasteiger partial charge in [0.15, 0.2) is 9.84 Å². The third kappa shape index (κ3) is 4.02. The van der Waals surface area contributed by atoms with Crippen LogP contribution in [0.1, 0.15) is 28.8 Å². The highest BCUT2D eigenvalue weighted by atomic mass is 35.5. The van der Waals surface area contributed by atoms with Crippen LogP contribution in [0.5, 0.6) is 0 Å². The lowest BCUT2D eigenvalue weighted by Gasteiger charge is -2.19. The molecule has 2 aromatic rings. The standard InChI is InChI=1S/C19H21ClN2O3S/c1-13-11-15(22-9-3-4-10-22)6-8-17(13)21-19(23)14-5-7-16(20)18(12-14)26(2,24)25/h5-8,11-12H,3-4,9-10H2,1-2H3,(H,21,23). The van der Waals surface area contributed by atoms with E-state index in [1.807, 2.05) is 19.1 Å². The van der Waals surface area contributed by atoms with Crippen LogP contribution in [-0.2, 0) is 9.84 Å². The first-order valence-electron chi connectivity index (χ1n) is 8.42. The van der Waals surface area contributed by atoms with Crippen LogP contribution >= 0.6 is 11.6 Å². The first-order chi connectivity index (χ1) is 12.3. The zero-order valence-corrected chi connectivity index (χ0v) is 16.3. The van der Waals surface area contributed by atoms with E-state index in [0.29, 0.717) is 5.69 Å². The van der Waals surface area contributed by atoms with E-state index in [2.05, 4.69) is 16.3 Å². The van der Waals surface area contributed by atoms with E-state index in [4.69, 9.17) is 11.6 Å². The molecule has 1 aliphatic heterocycles.